The maximum Gasteiger partial charge on any atom is 0.322 e. The van der Waals surface area contributed by atoms with Crippen LogP contribution in [-0.2, 0) is 7.05 Å². The lowest BCUT2D eigenvalue weighted by Crippen LogP contribution is -2.43. The lowest BCUT2D eigenvalue weighted by molar-refractivity contribution is 0.0992. The molecule has 168 valence electrons. The van der Waals surface area contributed by atoms with Crippen molar-refractivity contribution >= 4 is 39.2 Å². The van der Waals surface area contributed by atoms with Crippen molar-refractivity contribution in [2.75, 3.05) is 31.1 Å². The van der Waals surface area contributed by atoms with Gasteiger partial charge >= 0.3 is 6.01 Å². The number of ketones is 1. The summed E-state index contributed by atoms with van der Waals surface area (Å²) in [5, 5.41) is 8.92. The van der Waals surface area contributed by atoms with E-state index in [9.17, 15) is 9.59 Å². The number of nitrogens with zero attached hydrogens (tertiary/aromatic N) is 5. The Balaban J connectivity index is 1.55. The third-order valence-electron chi connectivity index (χ3n) is 5.79. The molecule has 3 heterocycles. The van der Waals surface area contributed by atoms with Crippen molar-refractivity contribution in [2.24, 2.45) is 12.8 Å². The normalized spacial score (nSPS) is 14.1. The fourth-order valence-electron chi connectivity index (χ4n) is 4.17. The molecule has 10 heteroatoms. The fraction of sp³-hybridized carbons (Fsp3) is 0.261. The van der Waals surface area contributed by atoms with Gasteiger partial charge in [-0.15, -0.1) is 0 Å². The molecule has 0 atom stereocenters. The average molecular weight is 445 g/mol. The highest BCUT2D eigenvalue weighted by Gasteiger charge is 2.19. The van der Waals surface area contributed by atoms with Crippen molar-refractivity contribution in [1.29, 1.82) is 0 Å². The standard InChI is InChI=1S/C23H23N7O3/c1-13(31)17-11-15(30-9-7-25-8-10-30)4-6-18(17)33-23-26-12-14-3-5-16-20(22(24)32)28-29(2)21(16)19(14)27-23/h3-6,11-12,25H,7-10H2,1-2H3,(H2,24,32). The predicted molar refractivity (Wildman–Crippen MR) is 124 cm³/mol. The maximum absolute atomic E-state index is 12.4. The smallest absolute Gasteiger partial charge is 0.322 e. The third-order valence-corrected chi connectivity index (χ3v) is 5.79. The Morgan fingerprint density at radius 3 is 2.67 bits per heavy atom. The number of benzene rings is 2. The topological polar surface area (TPSA) is 128 Å². The van der Waals surface area contributed by atoms with E-state index in [1.54, 1.807) is 36.1 Å². The number of amides is 1. The number of aryl methyl sites for hydroxylation is 1. The molecule has 0 aliphatic carbocycles. The number of carbonyl (C=O) groups excluding carboxylic acids is 2. The molecule has 0 radical (unpaired) electrons. The molecule has 4 aromatic rings. The Labute approximate surface area is 189 Å². The maximum atomic E-state index is 12.4. The van der Waals surface area contributed by atoms with Crippen molar-refractivity contribution in [3.63, 3.8) is 0 Å². The van der Waals surface area contributed by atoms with Crippen LogP contribution in [0.2, 0.25) is 0 Å². The van der Waals surface area contributed by atoms with Crippen LogP contribution >= 0.6 is 0 Å². The van der Waals surface area contributed by atoms with Crippen molar-refractivity contribution in [3.05, 3.63) is 47.8 Å². The Morgan fingerprint density at radius 2 is 1.94 bits per heavy atom. The molecule has 0 unspecified atom stereocenters. The van der Waals surface area contributed by atoms with Gasteiger partial charge < -0.3 is 20.7 Å². The minimum atomic E-state index is -0.610. The molecular formula is C23H23N7O3. The number of nitrogens with two attached hydrogens (primary N) is 1. The molecule has 2 aromatic heterocycles. The lowest BCUT2D eigenvalue weighted by Gasteiger charge is -2.29. The van der Waals surface area contributed by atoms with Crippen LogP contribution in [0.3, 0.4) is 0 Å². The molecule has 3 N–H and O–H groups in total. The third kappa shape index (κ3) is 3.74. The molecule has 33 heavy (non-hydrogen) atoms. The number of primary amides is 1. The van der Waals surface area contributed by atoms with E-state index in [1.807, 2.05) is 12.1 Å². The number of hydrogen-bond acceptors (Lipinski definition) is 8. The molecule has 0 saturated carbocycles. The van der Waals surface area contributed by atoms with Crippen molar-refractivity contribution < 1.29 is 14.3 Å². The molecule has 1 amide bonds. The lowest BCUT2D eigenvalue weighted by atomic mass is 10.1. The van der Waals surface area contributed by atoms with Gasteiger partial charge in [0.2, 0.25) is 0 Å². The monoisotopic (exact) mass is 445 g/mol. The minimum absolute atomic E-state index is 0.0919. The first kappa shape index (κ1) is 20.8. The molecule has 0 bridgehead atoms. The number of anilines is 1. The van der Waals surface area contributed by atoms with Gasteiger partial charge in [-0.2, -0.15) is 10.1 Å². The van der Waals surface area contributed by atoms with Gasteiger partial charge in [0.1, 0.15) is 11.3 Å². The summed E-state index contributed by atoms with van der Waals surface area (Å²) in [6, 6.07) is 9.23. The zero-order valence-corrected chi connectivity index (χ0v) is 18.3. The SMILES string of the molecule is CC(=O)c1cc(N2CCNCC2)ccc1Oc1ncc2ccc3c(C(N)=O)nn(C)c3c2n1. The Bertz CT molecular complexity index is 1410. The van der Waals surface area contributed by atoms with Crippen LogP contribution in [0.15, 0.2) is 36.5 Å². The number of nitrogens with one attached hydrogen (secondary N) is 1. The predicted octanol–water partition coefficient (Wildman–Crippen LogP) is 2.02. The van der Waals surface area contributed by atoms with Crippen LogP contribution in [0.1, 0.15) is 27.8 Å². The van der Waals surface area contributed by atoms with Gasteiger partial charge in [-0.1, -0.05) is 6.07 Å². The van der Waals surface area contributed by atoms with E-state index in [4.69, 9.17) is 10.5 Å². The highest BCUT2D eigenvalue weighted by atomic mass is 16.5. The zero-order valence-electron chi connectivity index (χ0n) is 18.3. The molecule has 10 nitrogen and oxygen atoms in total. The summed E-state index contributed by atoms with van der Waals surface area (Å²) in [6.45, 7) is 5.06. The van der Waals surface area contributed by atoms with Gasteiger partial charge in [-0.05, 0) is 31.2 Å². The number of carbonyl (C=O) groups is 2. The second-order valence-electron chi connectivity index (χ2n) is 7.96. The van der Waals surface area contributed by atoms with E-state index >= 15 is 0 Å². The fourth-order valence-corrected chi connectivity index (χ4v) is 4.17. The van der Waals surface area contributed by atoms with Gasteiger partial charge in [0.05, 0.1) is 11.1 Å². The van der Waals surface area contributed by atoms with E-state index < -0.39 is 5.91 Å². The highest BCUT2D eigenvalue weighted by Crippen LogP contribution is 2.31. The summed E-state index contributed by atoms with van der Waals surface area (Å²) in [5.74, 6) is -0.334. The van der Waals surface area contributed by atoms with Crippen LogP contribution in [-0.4, -0.2) is 57.6 Å². The first-order valence-corrected chi connectivity index (χ1v) is 10.6. The summed E-state index contributed by atoms with van der Waals surface area (Å²) in [6.07, 6.45) is 1.64. The molecule has 5 rings (SSSR count). The largest absolute Gasteiger partial charge is 0.424 e. The first-order chi connectivity index (χ1) is 15.9. The van der Waals surface area contributed by atoms with Crippen molar-refractivity contribution in [3.8, 4) is 11.8 Å². The number of aromatic nitrogens is 4. The summed E-state index contributed by atoms with van der Waals surface area (Å²) in [5.41, 5.74) is 8.31. The number of rotatable bonds is 5. The van der Waals surface area contributed by atoms with Crippen molar-refractivity contribution in [2.45, 2.75) is 6.92 Å². The van der Waals surface area contributed by atoms with Gasteiger partial charge in [0.15, 0.2) is 11.5 Å². The second-order valence-corrected chi connectivity index (χ2v) is 7.96. The molecule has 1 aliphatic heterocycles. The summed E-state index contributed by atoms with van der Waals surface area (Å²) >= 11 is 0. The van der Waals surface area contributed by atoms with E-state index in [0.717, 1.165) is 37.3 Å². The molecule has 1 aliphatic rings. The second kappa shape index (κ2) is 8.14. The molecule has 1 fully saturated rings. The van der Waals surface area contributed by atoms with Crippen LogP contribution in [0.4, 0.5) is 5.69 Å². The zero-order chi connectivity index (χ0) is 23.1. The van der Waals surface area contributed by atoms with Gasteiger partial charge in [-0.3, -0.25) is 14.3 Å². The van der Waals surface area contributed by atoms with E-state index in [1.165, 1.54) is 6.92 Å². The summed E-state index contributed by atoms with van der Waals surface area (Å²) in [7, 11) is 1.72. The Morgan fingerprint density at radius 1 is 1.15 bits per heavy atom. The first-order valence-electron chi connectivity index (χ1n) is 10.6. The Hall–Kier alpha value is -4.05. The number of ether oxygens (including phenoxy) is 1. The van der Waals surface area contributed by atoms with Crippen LogP contribution < -0.4 is 20.7 Å². The van der Waals surface area contributed by atoms with Crippen LogP contribution in [0.25, 0.3) is 21.8 Å². The number of Topliss-reactive ketones (excluding diaryl/α,β-unsaturated/α-hetero) is 1. The van der Waals surface area contributed by atoms with E-state index in [0.29, 0.717) is 27.7 Å². The average Bonchev–Trinajstić information content (AvgIpc) is 3.17. The molecular weight excluding hydrogens is 422 g/mol. The van der Waals surface area contributed by atoms with Crippen LogP contribution in [0, 0.1) is 0 Å². The van der Waals surface area contributed by atoms with Crippen molar-refractivity contribution in [1.82, 2.24) is 25.1 Å². The summed E-state index contributed by atoms with van der Waals surface area (Å²) in [4.78, 5) is 35.3. The summed E-state index contributed by atoms with van der Waals surface area (Å²) < 4.78 is 7.54. The molecule has 1 saturated heterocycles. The number of fused-ring (bicyclic) bond motifs is 3. The van der Waals surface area contributed by atoms with Gasteiger partial charge in [-0.25, -0.2) is 4.98 Å². The molecule has 0 spiro atoms. The van der Waals surface area contributed by atoms with Gasteiger partial charge in [0.25, 0.3) is 5.91 Å². The van der Waals surface area contributed by atoms with Crippen LogP contribution in [0.5, 0.6) is 11.8 Å². The number of hydrogen-bond donors (Lipinski definition) is 2. The quantitative estimate of drug-likeness (QED) is 0.447. The van der Waals surface area contributed by atoms with Gasteiger partial charge in [0, 0.05) is 55.9 Å². The molecule has 2 aromatic carbocycles. The van der Waals surface area contributed by atoms with E-state index in [2.05, 4.69) is 25.3 Å². The number of piperazine rings is 1. The highest BCUT2D eigenvalue weighted by molar-refractivity contribution is 6.11. The van der Waals surface area contributed by atoms with E-state index in [-0.39, 0.29) is 17.5 Å². The minimum Gasteiger partial charge on any atom is -0.424 e. The Kier molecular flexibility index (Phi) is 5.14.